The van der Waals surface area contributed by atoms with E-state index in [0.717, 1.165) is 33.5 Å². The van der Waals surface area contributed by atoms with Crippen molar-refractivity contribution >= 4 is 11.7 Å². The predicted octanol–water partition coefficient (Wildman–Crippen LogP) is 5.43. The monoisotopic (exact) mass is 481 g/mol. The molecule has 0 radical (unpaired) electrons. The van der Waals surface area contributed by atoms with E-state index in [1.165, 1.54) is 17.7 Å². The van der Waals surface area contributed by atoms with Crippen molar-refractivity contribution < 1.29 is 13.9 Å². The maximum Gasteiger partial charge on any atom is 0.251 e. The zero-order valence-electron chi connectivity index (χ0n) is 20.5. The molecule has 1 aromatic heterocycles. The molecule has 1 aliphatic carbocycles. The van der Waals surface area contributed by atoms with Gasteiger partial charge in [0, 0.05) is 29.6 Å². The molecule has 2 bridgehead atoms. The quantitative estimate of drug-likeness (QED) is 0.521. The molecule has 1 saturated heterocycles. The largest absolute Gasteiger partial charge is 0.384 e. The van der Waals surface area contributed by atoms with E-state index < -0.39 is 5.60 Å². The molecule has 182 valence electrons. The maximum atomic E-state index is 13.4. The number of benzene rings is 2. The summed E-state index contributed by atoms with van der Waals surface area (Å²) in [6.07, 6.45) is 6.02. The van der Waals surface area contributed by atoms with Crippen LogP contribution in [0.4, 0.5) is 10.2 Å². The Labute approximate surface area is 209 Å². The van der Waals surface area contributed by atoms with Gasteiger partial charge in [-0.15, -0.1) is 0 Å². The van der Waals surface area contributed by atoms with Crippen LogP contribution in [0.2, 0.25) is 0 Å². The van der Waals surface area contributed by atoms with Crippen molar-refractivity contribution in [3.63, 3.8) is 0 Å². The summed E-state index contributed by atoms with van der Waals surface area (Å²) >= 11 is 0. The Morgan fingerprint density at radius 1 is 1.14 bits per heavy atom. The summed E-state index contributed by atoms with van der Waals surface area (Å²) in [5.74, 6) is 0.358. The van der Waals surface area contributed by atoms with Gasteiger partial charge in [0.1, 0.15) is 11.6 Å². The lowest BCUT2D eigenvalue weighted by Crippen LogP contribution is -2.34. The number of pyridine rings is 1. The van der Waals surface area contributed by atoms with Crippen LogP contribution in [0.3, 0.4) is 0 Å². The van der Waals surface area contributed by atoms with Crippen LogP contribution in [-0.4, -0.2) is 10.9 Å². The van der Waals surface area contributed by atoms with Crippen LogP contribution in [-0.2, 0) is 21.7 Å². The van der Waals surface area contributed by atoms with Gasteiger partial charge in [-0.2, -0.15) is 0 Å². The van der Waals surface area contributed by atoms with E-state index in [-0.39, 0.29) is 29.7 Å². The smallest absolute Gasteiger partial charge is 0.251 e. The summed E-state index contributed by atoms with van der Waals surface area (Å²) in [7, 11) is 0. The van der Waals surface area contributed by atoms with E-state index in [2.05, 4.69) is 47.6 Å². The lowest BCUT2D eigenvalue weighted by molar-refractivity contribution is -0.117. The molecule has 5 nitrogen and oxygen atoms in total. The van der Waals surface area contributed by atoms with E-state index >= 15 is 0 Å². The van der Waals surface area contributed by atoms with Crippen LogP contribution < -0.4 is 11.1 Å². The Hall–Kier alpha value is -3.77. The fraction of sp³-hybridized carbons (Fsp3) is 0.267. The van der Waals surface area contributed by atoms with Crippen LogP contribution in [0.5, 0.6) is 0 Å². The zero-order valence-corrected chi connectivity index (χ0v) is 20.5. The third-order valence-corrected chi connectivity index (χ3v) is 7.96. The standard InChI is InChI=1S/C30H28FN3O2/c1-16-12-27(32)34-17(2)24(16)15-33-29(35)20-6-10-22-26(14-20)30(3)25-11-7-19(13-23(25)28(22)36-30)18-4-8-21(31)9-5-18/h4-14,22,26,28H,15H2,1-3H3,(H2,32,34)(H,33,35). The fourth-order valence-electron chi connectivity index (χ4n) is 6.09. The van der Waals surface area contributed by atoms with Crippen molar-refractivity contribution in [2.75, 3.05) is 5.73 Å². The Morgan fingerprint density at radius 2 is 1.89 bits per heavy atom. The number of amides is 1. The number of nitrogens with zero attached hydrogens (tertiary/aromatic N) is 1. The molecule has 0 spiro atoms. The SMILES string of the molecule is Cc1cc(N)nc(C)c1CNC(=O)C1=CC2C(C=C1)C1OC2(C)c2ccc(-c3ccc(F)cc3)cc21. The van der Waals surface area contributed by atoms with Crippen LogP contribution in [0.1, 0.15) is 41.0 Å². The molecule has 1 amide bonds. The van der Waals surface area contributed by atoms with Gasteiger partial charge in [-0.3, -0.25) is 4.79 Å². The second-order valence-corrected chi connectivity index (χ2v) is 10.1. The number of hydrogen-bond acceptors (Lipinski definition) is 4. The fourth-order valence-corrected chi connectivity index (χ4v) is 6.09. The number of nitrogens with two attached hydrogens (primary N) is 1. The number of halogens is 1. The van der Waals surface area contributed by atoms with Crippen molar-refractivity contribution in [3.8, 4) is 11.1 Å². The molecule has 36 heavy (non-hydrogen) atoms. The van der Waals surface area contributed by atoms with Gasteiger partial charge in [0.25, 0.3) is 5.91 Å². The second-order valence-electron chi connectivity index (χ2n) is 10.1. The molecular weight excluding hydrogens is 453 g/mol. The third-order valence-electron chi connectivity index (χ3n) is 7.96. The zero-order chi connectivity index (χ0) is 25.2. The Kier molecular flexibility index (Phi) is 5.12. The number of hydrogen-bond donors (Lipinski definition) is 2. The van der Waals surface area contributed by atoms with Crippen molar-refractivity contribution in [1.29, 1.82) is 0 Å². The number of rotatable bonds is 4. The minimum Gasteiger partial charge on any atom is -0.384 e. The van der Waals surface area contributed by atoms with Crippen LogP contribution in [0, 0.1) is 31.5 Å². The average molecular weight is 482 g/mol. The van der Waals surface area contributed by atoms with Crippen molar-refractivity contribution in [3.05, 3.63) is 106 Å². The number of anilines is 1. The number of ether oxygens (including phenoxy) is 1. The van der Waals surface area contributed by atoms with E-state index in [9.17, 15) is 9.18 Å². The van der Waals surface area contributed by atoms with Gasteiger partial charge in [-0.25, -0.2) is 9.37 Å². The molecule has 2 aromatic carbocycles. The second kappa shape index (κ2) is 8.14. The molecular formula is C30H28FN3O2. The minimum atomic E-state index is -0.504. The number of aryl methyl sites for hydroxylation is 2. The number of carbonyl (C=O) groups excluding carboxylic acids is 1. The van der Waals surface area contributed by atoms with Gasteiger partial charge in [0.05, 0.1) is 11.7 Å². The highest BCUT2D eigenvalue weighted by Crippen LogP contribution is 2.62. The highest BCUT2D eigenvalue weighted by atomic mass is 19.1. The lowest BCUT2D eigenvalue weighted by atomic mass is 9.67. The van der Waals surface area contributed by atoms with E-state index in [1.54, 1.807) is 12.1 Å². The number of nitrogens with one attached hydrogen (secondary N) is 1. The van der Waals surface area contributed by atoms with E-state index in [1.807, 2.05) is 26.0 Å². The molecule has 3 aliphatic rings. The predicted molar refractivity (Wildman–Crippen MR) is 137 cm³/mol. The van der Waals surface area contributed by atoms with Crippen LogP contribution >= 0.6 is 0 Å². The van der Waals surface area contributed by atoms with Gasteiger partial charge < -0.3 is 15.8 Å². The molecule has 4 atom stereocenters. The molecule has 6 rings (SSSR count). The van der Waals surface area contributed by atoms with Crippen molar-refractivity contribution in [2.24, 2.45) is 11.8 Å². The summed E-state index contributed by atoms with van der Waals surface area (Å²) < 4.78 is 20.0. The van der Waals surface area contributed by atoms with Gasteiger partial charge in [0.2, 0.25) is 0 Å². The summed E-state index contributed by atoms with van der Waals surface area (Å²) in [5, 5.41) is 3.05. The molecule has 4 unspecified atom stereocenters. The van der Waals surface area contributed by atoms with Gasteiger partial charge in [-0.1, -0.05) is 42.5 Å². The lowest BCUT2D eigenvalue weighted by Gasteiger charge is -2.34. The number of carbonyl (C=O) groups is 1. The Balaban J connectivity index is 1.24. The van der Waals surface area contributed by atoms with Crippen LogP contribution in [0.25, 0.3) is 11.1 Å². The first-order valence-corrected chi connectivity index (χ1v) is 12.2. The summed E-state index contributed by atoms with van der Waals surface area (Å²) in [4.78, 5) is 17.4. The molecule has 3 aromatic rings. The van der Waals surface area contributed by atoms with Crippen LogP contribution in [0.15, 0.2) is 72.3 Å². The first kappa shape index (κ1) is 22.7. The van der Waals surface area contributed by atoms with Gasteiger partial charge in [-0.05, 0) is 78.4 Å². The molecule has 6 heteroatoms. The maximum absolute atomic E-state index is 13.4. The summed E-state index contributed by atoms with van der Waals surface area (Å²) in [6, 6.07) is 14.7. The first-order chi connectivity index (χ1) is 17.2. The van der Waals surface area contributed by atoms with E-state index in [0.29, 0.717) is 17.9 Å². The molecule has 3 heterocycles. The van der Waals surface area contributed by atoms with Crippen molar-refractivity contribution in [1.82, 2.24) is 10.3 Å². The molecule has 1 fully saturated rings. The minimum absolute atomic E-state index is 0.0686. The summed E-state index contributed by atoms with van der Waals surface area (Å²) in [5.41, 5.74) is 13.1. The first-order valence-electron chi connectivity index (χ1n) is 12.2. The number of fused-ring (bicyclic) bond motifs is 8. The Bertz CT molecular complexity index is 1440. The van der Waals surface area contributed by atoms with E-state index in [4.69, 9.17) is 10.5 Å². The summed E-state index contributed by atoms with van der Waals surface area (Å²) in [6.45, 7) is 6.39. The van der Waals surface area contributed by atoms with Gasteiger partial charge in [0.15, 0.2) is 0 Å². The number of aromatic nitrogens is 1. The topological polar surface area (TPSA) is 77.2 Å². The Morgan fingerprint density at radius 3 is 2.64 bits per heavy atom. The third kappa shape index (κ3) is 3.47. The van der Waals surface area contributed by atoms with Gasteiger partial charge >= 0.3 is 0 Å². The molecule has 0 saturated carbocycles. The molecule has 2 aliphatic heterocycles. The number of nitrogen functional groups attached to an aromatic ring is 1. The average Bonchev–Trinajstić information content (AvgIpc) is 3.32. The highest BCUT2D eigenvalue weighted by Gasteiger charge is 2.58. The molecule has 3 N–H and O–H groups in total. The highest BCUT2D eigenvalue weighted by molar-refractivity contribution is 5.96. The normalized spacial score (nSPS) is 25.3. The van der Waals surface area contributed by atoms with Crippen molar-refractivity contribution in [2.45, 2.75) is 39.0 Å².